The normalized spacial score (nSPS) is 10.9. The van der Waals surface area contributed by atoms with Gasteiger partial charge in [0.1, 0.15) is 12.1 Å². The maximum atomic E-state index is 5.47. The number of aromatic nitrogens is 5. The molecule has 2 aromatic heterocycles. The summed E-state index contributed by atoms with van der Waals surface area (Å²) in [5.41, 5.74) is 6.40. The van der Waals surface area contributed by atoms with Gasteiger partial charge in [-0.25, -0.2) is 15.5 Å². The number of aryl methyl sites for hydroxylation is 2. The van der Waals surface area contributed by atoms with Gasteiger partial charge in [0.2, 0.25) is 0 Å². The van der Waals surface area contributed by atoms with Crippen LogP contribution in [0.2, 0.25) is 0 Å². The number of benzene rings is 1. The van der Waals surface area contributed by atoms with Gasteiger partial charge in [-0.15, -0.1) is 5.10 Å². The number of rotatable bonds is 2. The average molecular weight is 255 g/mol. The molecule has 0 aliphatic heterocycles. The molecule has 96 valence electrons. The third-order valence-corrected chi connectivity index (χ3v) is 3.14. The monoisotopic (exact) mass is 255 g/mol. The van der Waals surface area contributed by atoms with Crippen LogP contribution in [0.25, 0.3) is 16.6 Å². The quantitative estimate of drug-likeness (QED) is 0.526. The van der Waals surface area contributed by atoms with Crippen LogP contribution >= 0.6 is 0 Å². The van der Waals surface area contributed by atoms with Gasteiger partial charge < -0.3 is 5.43 Å². The van der Waals surface area contributed by atoms with Crippen LogP contribution in [0.3, 0.4) is 0 Å². The minimum Gasteiger partial charge on any atom is -0.308 e. The van der Waals surface area contributed by atoms with Crippen LogP contribution in [-0.4, -0.2) is 25.2 Å². The molecule has 0 radical (unpaired) electrons. The molecular weight excluding hydrogens is 242 g/mol. The van der Waals surface area contributed by atoms with E-state index >= 15 is 0 Å². The maximum Gasteiger partial charge on any atom is 0.143 e. The van der Waals surface area contributed by atoms with Crippen molar-refractivity contribution in [1.82, 2.24) is 25.2 Å². The van der Waals surface area contributed by atoms with Crippen molar-refractivity contribution in [3.8, 4) is 5.69 Å². The molecule has 1 aromatic carbocycles. The Morgan fingerprint density at radius 3 is 2.79 bits per heavy atom. The molecule has 7 heteroatoms. The van der Waals surface area contributed by atoms with Gasteiger partial charge >= 0.3 is 0 Å². The summed E-state index contributed by atoms with van der Waals surface area (Å²) in [4.78, 5) is 4.55. The second-order valence-electron chi connectivity index (χ2n) is 4.33. The van der Waals surface area contributed by atoms with E-state index in [9.17, 15) is 0 Å². The summed E-state index contributed by atoms with van der Waals surface area (Å²) in [6.45, 7) is 3.95. The summed E-state index contributed by atoms with van der Waals surface area (Å²) >= 11 is 0. The molecule has 0 atom stereocenters. The molecule has 7 nitrogen and oxygen atoms in total. The van der Waals surface area contributed by atoms with Crippen molar-refractivity contribution in [3.63, 3.8) is 0 Å². The molecule has 0 aliphatic carbocycles. The summed E-state index contributed by atoms with van der Waals surface area (Å²) in [6, 6.07) is 6.03. The molecule has 0 fully saturated rings. The molecule has 19 heavy (non-hydrogen) atoms. The topological polar surface area (TPSA) is 94.5 Å². The van der Waals surface area contributed by atoms with E-state index in [0.717, 1.165) is 27.7 Å². The highest BCUT2D eigenvalue weighted by Gasteiger charge is 2.10. The first-order valence-electron chi connectivity index (χ1n) is 5.81. The largest absolute Gasteiger partial charge is 0.308 e. The van der Waals surface area contributed by atoms with Gasteiger partial charge in [0.25, 0.3) is 0 Å². The van der Waals surface area contributed by atoms with E-state index in [4.69, 9.17) is 5.84 Å². The van der Waals surface area contributed by atoms with E-state index in [2.05, 4.69) is 25.9 Å². The number of nitrogen functional groups attached to an aromatic ring is 1. The lowest BCUT2D eigenvalue weighted by Crippen LogP contribution is -2.10. The highest BCUT2D eigenvalue weighted by atomic mass is 15.5. The fourth-order valence-electron chi connectivity index (χ4n) is 2.14. The number of fused-ring (bicyclic) bond motifs is 1. The zero-order valence-corrected chi connectivity index (χ0v) is 10.6. The minimum atomic E-state index is 0.671. The number of nitrogens with zero attached hydrogens (tertiary/aromatic N) is 5. The summed E-state index contributed by atoms with van der Waals surface area (Å²) < 4.78 is 1.62. The fraction of sp³-hybridized carbons (Fsp3) is 0.167. The van der Waals surface area contributed by atoms with Crippen LogP contribution in [0.1, 0.15) is 11.1 Å². The van der Waals surface area contributed by atoms with E-state index in [1.165, 1.54) is 0 Å². The van der Waals surface area contributed by atoms with E-state index in [-0.39, 0.29) is 0 Å². The third-order valence-electron chi connectivity index (χ3n) is 3.14. The smallest absolute Gasteiger partial charge is 0.143 e. The van der Waals surface area contributed by atoms with Crippen LogP contribution in [0.5, 0.6) is 0 Å². The zero-order chi connectivity index (χ0) is 13.4. The molecule has 0 saturated carbocycles. The summed E-state index contributed by atoms with van der Waals surface area (Å²) in [5, 5.41) is 12.3. The maximum absolute atomic E-state index is 5.47. The minimum absolute atomic E-state index is 0.671. The lowest BCUT2D eigenvalue weighted by molar-refractivity contribution is 0.786. The molecular formula is C12H13N7. The summed E-state index contributed by atoms with van der Waals surface area (Å²) in [6.07, 6.45) is 1.56. The summed E-state index contributed by atoms with van der Waals surface area (Å²) in [7, 11) is 0. The fourth-order valence-corrected chi connectivity index (χ4v) is 2.14. The van der Waals surface area contributed by atoms with Gasteiger partial charge in [0.15, 0.2) is 0 Å². The molecule has 0 unspecified atom stereocenters. The number of pyridine rings is 1. The Hall–Kier alpha value is -2.54. The predicted molar refractivity (Wildman–Crippen MR) is 71.7 cm³/mol. The molecule has 0 saturated heterocycles. The summed E-state index contributed by atoms with van der Waals surface area (Å²) in [5.74, 6) is 6.15. The third kappa shape index (κ3) is 1.80. The second-order valence-corrected chi connectivity index (χ2v) is 4.33. The van der Waals surface area contributed by atoms with Crippen molar-refractivity contribution < 1.29 is 0 Å². The van der Waals surface area contributed by atoms with E-state index in [1.807, 2.05) is 32.0 Å². The number of nitrogens with two attached hydrogens (primary N) is 1. The van der Waals surface area contributed by atoms with Gasteiger partial charge in [-0.1, -0.05) is 6.07 Å². The van der Waals surface area contributed by atoms with Crippen LogP contribution in [0.15, 0.2) is 24.5 Å². The van der Waals surface area contributed by atoms with Crippen LogP contribution in [0.4, 0.5) is 5.82 Å². The van der Waals surface area contributed by atoms with Gasteiger partial charge in [-0.3, -0.25) is 0 Å². The lowest BCUT2D eigenvalue weighted by Gasteiger charge is -2.11. The van der Waals surface area contributed by atoms with Crippen molar-refractivity contribution in [2.75, 3.05) is 5.43 Å². The van der Waals surface area contributed by atoms with Crippen molar-refractivity contribution in [3.05, 3.63) is 35.7 Å². The van der Waals surface area contributed by atoms with Crippen molar-refractivity contribution in [1.29, 1.82) is 0 Å². The van der Waals surface area contributed by atoms with E-state index in [1.54, 1.807) is 11.0 Å². The van der Waals surface area contributed by atoms with Gasteiger partial charge in [0.05, 0.1) is 11.2 Å². The van der Waals surface area contributed by atoms with E-state index in [0.29, 0.717) is 5.82 Å². The van der Waals surface area contributed by atoms with E-state index < -0.39 is 0 Å². The van der Waals surface area contributed by atoms with Crippen molar-refractivity contribution in [2.24, 2.45) is 5.84 Å². The molecule has 0 amide bonds. The molecule has 0 bridgehead atoms. The average Bonchev–Trinajstić information content (AvgIpc) is 2.92. The number of anilines is 1. The van der Waals surface area contributed by atoms with Gasteiger partial charge in [0, 0.05) is 10.9 Å². The highest BCUT2D eigenvalue weighted by Crippen LogP contribution is 2.25. The molecule has 2 heterocycles. The van der Waals surface area contributed by atoms with Crippen LogP contribution in [0, 0.1) is 13.8 Å². The molecule has 0 aliphatic rings. The molecule has 0 spiro atoms. The number of hydrazine groups is 1. The number of hydrogen-bond acceptors (Lipinski definition) is 6. The Balaban J connectivity index is 2.29. The first-order chi connectivity index (χ1) is 9.20. The van der Waals surface area contributed by atoms with Crippen molar-refractivity contribution >= 4 is 16.7 Å². The molecule has 3 N–H and O–H groups in total. The number of hydrogen-bond donors (Lipinski definition) is 2. The zero-order valence-electron chi connectivity index (χ0n) is 10.6. The Labute approximate surface area is 109 Å². The Morgan fingerprint density at radius 2 is 2.11 bits per heavy atom. The Kier molecular flexibility index (Phi) is 2.60. The first kappa shape index (κ1) is 11.5. The number of nitrogens with one attached hydrogen (secondary N) is 1. The Bertz CT molecular complexity index is 733. The highest BCUT2D eigenvalue weighted by molar-refractivity contribution is 5.87. The Morgan fingerprint density at radius 1 is 1.26 bits per heavy atom. The molecule has 3 rings (SSSR count). The standard InChI is InChI=1S/C12H13N7/c1-7-5-9-3-4-10(19-6-14-17-18-19)8(2)11(9)15-12(7)16-13/h3-6H,13H2,1-2H3,(H,15,16). The van der Waals surface area contributed by atoms with Gasteiger partial charge in [-0.2, -0.15) is 0 Å². The SMILES string of the molecule is Cc1cc2ccc(-n3cnnn3)c(C)c2nc1NN. The lowest BCUT2D eigenvalue weighted by atomic mass is 10.1. The predicted octanol–water partition coefficient (Wildman–Crippen LogP) is 1.11. The van der Waals surface area contributed by atoms with Crippen LogP contribution < -0.4 is 11.3 Å². The first-order valence-corrected chi connectivity index (χ1v) is 5.81. The van der Waals surface area contributed by atoms with Crippen LogP contribution in [-0.2, 0) is 0 Å². The van der Waals surface area contributed by atoms with Crippen molar-refractivity contribution in [2.45, 2.75) is 13.8 Å². The second kappa shape index (κ2) is 4.29. The number of tetrazole rings is 1. The molecule has 3 aromatic rings. The van der Waals surface area contributed by atoms with Gasteiger partial charge in [-0.05, 0) is 42.0 Å².